The zero-order valence-electron chi connectivity index (χ0n) is 16.5. The van der Waals surface area contributed by atoms with Gasteiger partial charge in [0, 0.05) is 29.0 Å². The number of nitrogens with one attached hydrogen (secondary N) is 2. The number of hydrogen-bond donors (Lipinski definition) is 3. The zero-order valence-corrected chi connectivity index (χ0v) is 17.2. The highest BCUT2D eigenvalue weighted by atomic mass is 35.5. The summed E-state index contributed by atoms with van der Waals surface area (Å²) >= 11 is 6.31. The Morgan fingerprint density at radius 1 is 1.00 bits per heavy atom. The number of fused-ring (bicyclic) bond motifs is 2. The van der Waals surface area contributed by atoms with Crippen molar-refractivity contribution in [3.63, 3.8) is 0 Å². The Kier molecular flexibility index (Phi) is 4.76. The molecule has 32 heavy (non-hydrogen) atoms. The number of carbonyl (C=O) groups is 2. The van der Waals surface area contributed by atoms with Gasteiger partial charge in [0.15, 0.2) is 5.78 Å². The summed E-state index contributed by atoms with van der Waals surface area (Å²) in [5, 5.41) is 5.08. The first-order valence-electron chi connectivity index (χ1n) is 9.60. The maximum Gasteiger partial charge on any atom is 0.274 e. The van der Waals surface area contributed by atoms with Gasteiger partial charge in [-0.3, -0.25) is 14.6 Å². The van der Waals surface area contributed by atoms with Crippen LogP contribution < -0.4 is 11.1 Å². The molecule has 1 amide bonds. The second kappa shape index (κ2) is 7.75. The number of anilines is 2. The zero-order chi connectivity index (χ0) is 22.2. The molecular formula is C23H15ClN6O2. The fraction of sp³-hybridized carbons (Fsp3) is 0. The molecule has 0 fully saturated rings. The van der Waals surface area contributed by atoms with E-state index in [1.54, 1.807) is 18.3 Å². The predicted octanol–water partition coefficient (Wildman–Crippen LogP) is 4.23. The normalized spacial score (nSPS) is 11.0. The first-order chi connectivity index (χ1) is 15.5. The summed E-state index contributed by atoms with van der Waals surface area (Å²) in [6.07, 6.45) is 4.41. The molecule has 0 aliphatic heterocycles. The van der Waals surface area contributed by atoms with E-state index in [1.165, 1.54) is 18.6 Å². The van der Waals surface area contributed by atoms with E-state index in [-0.39, 0.29) is 27.9 Å². The van der Waals surface area contributed by atoms with E-state index in [1.807, 2.05) is 30.3 Å². The van der Waals surface area contributed by atoms with Crippen molar-refractivity contribution in [1.29, 1.82) is 0 Å². The van der Waals surface area contributed by atoms with Gasteiger partial charge in [0.1, 0.15) is 23.5 Å². The highest BCUT2D eigenvalue weighted by molar-refractivity contribution is 6.36. The van der Waals surface area contributed by atoms with Crippen molar-refractivity contribution in [2.75, 3.05) is 11.1 Å². The Hall–Kier alpha value is -4.30. The summed E-state index contributed by atoms with van der Waals surface area (Å²) in [7, 11) is 0. The summed E-state index contributed by atoms with van der Waals surface area (Å²) in [6, 6.07) is 14.0. The predicted molar refractivity (Wildman–Crippen MR) is 123 cm³/mol. The molecule has 0 aliphatic rings. The van der Waals surface area contributed by atoms with Crippen LogP contribution in [-0.4, -0.2) is 31.6 Å². The number of pyridine rings is 1. The third-order valence-electron chi connectivity index (χ3n) is 5.10. The molecule has 8 nitrogen and oxygen atoms in total. The van der Waals surface area contributed by atoms with Crippen LogP contribution in [0.2, 0.25) is 5.02 Å². The van der Waals surface area contributed by atoms with Crippen LogP contribution in [0.25, 0.3) is 21.8 Å². The van der Waals surface area contributed by atoms with E-state index < -0.39 is 5.91 Å². The Labute approximate surface area is 186 Å². The number of nitrogen functional groups attached to an aromatic ring is 1. The van der Waals surface area contributed by atoms with E-state index in [0.29, 0.717) is 22.3 Å². The number of nitrogens with two attached hydrogens (primary N) is 1. The fourth-order valence-corrected chi connectivity index (χ4v) is 3.78. The van der Waals surface area contributed by atoms with Crippen molar-refractivity contribution in [2.24, 2.45) is 0 Å². The molecule has 156 valence electrons. The van der Waals surface area contributed by atoms with Crippen molar-refractivity contribution in [2.45, 2.75) is 0 Å². The Morgan fingerprint density at radius 2 is 1.84 bits per heavy atom. The molecule has 0 aliphatic carbocycles. The minimum absolute atomic E-state index is 0.183. The second-order valence-corrected chi connectivity index (χ2v) is 7.45. The van der Waals surface area contributed by atoms with Crippen molar-refractivity contribution in [3.05, 3.63) is 89.1 Å². The molecule has 2 aromatic carbocycles. The van der Waals surface area contributed by atoms with Crippen LogP contribution in [-0.2, 0) is 0 Å². The summed E-state index contributed by atoms with van der Waals surface area (Å²) in [6.45, 7) is 0. The molecular weight excluding hydrogens is 428 g/mol. The largest absolute Gasteiger partial charge is 0.383 e. The molecule has 0 saturated heterocycles. The van der Waals surface area contributed by atoms with Gasteiger partial charge in [-0.2, -0.15) is 0 Å². The lowest BCUT2D eigenvalue weighted by atomic mass is 10.0. The molecule has 0 atom stereocenters. The van der Waals surface area contributed by atoms with Crippen LogP contribution in [0.1, 0.15) is 26.4 Å². The summed E-state index contributed by atoms with van der Waals surface area (Å²) in [5.74, 6) is -0.586. The number of hydrogen-bond acceptors (Lipinski definition) is 6. The lowest BCUT2D eigenvalue weighted by Gasteiger charge is -2.10. The smallest absolute Gasteiger partial charge is 0.274 e. The molecule has 0 spiro atoms. The second-order valence-electron chi connectivity index (χ2n) is 7.04. The molecule has 9 heteroatoms. The Morgan fingerprint density at radius 3 is 2.72 bits per heavy atom. The van der Waals surface area contributed by atoms with Crippen molar-refractivity contribution >= 4 is 56.6 Å². The number of rotatable bonds is 4. The number of amides is 1. The van der Waals surface area contributed by atoms with E-state index in [2.05, 4.69) is 25.3 Å². The first-order valence-corrected chi connectivity index (χ1v) is 9.97. The van der Waals surface area contributed by atoms with Crippen LogP contribution in [0.3, 0.4) is 0 Å². The Bertz CT molecular complexity index is 1520. The van der Waals surface area contributed by atoms with Gasteiger partial charge in [0.05, 0.1) is 16.0 Å². The van der Waals surface area contributed by atoms with Gasteiger partial charge in [-0.05, 0) is 29.7 Å². The van der Waals surface area contributed by atoms with Crippen LogP contribution in [0.5, 0.6) is 0 Å². The topological polar surface area (TPSA) is 127 Å². The lowest BCUT2D eigenvalue weighted by molar-refractivity contribution is 0.101. The summed E-state index contributed by atoms with van der Waals surface area (Å²) in [4.78, 5) is 41.3. The highest BCUT2D eigenvalue weighted by Gasteiger charge is 2.21. The quantitative estimate of drug-likeness (QED) is 0.357. The highest BCUT2D eigenvalue weighted by Crippen LogP contribution is 2.28. The number of halogens is 1. The van der Waals surface area contributed by atoms with Gasteiger partial charge >= 0.3 is 0 Å². The molecule has 0 radical (unpaired) electrons. The third kappa shape index (κ3) is 3.32. The summed E-state index contributed by atoms with van der Waals surface area (Å²) in [5.41, 5.74) is 7.58. The average Bonchev–Trinajstić information content (AvgIpc) is 3.25. The molecule has 0 bridgehead atoms. The van der Waals surface area contributed by atoms with E-state index in [4.69, 9.17) is 17.3 Å². The summed E-state index contributed by atoms with van der Waals surface area (Å²) < 4.78 is 0. The van der Waals surface area contributed by atoms with Gasteiger partial charge in [-0.1, -0.05) is 35.9 Å². The molecule has 5 aromatic rings. The minimum Gasteiger partial charge on any atom is -0.383 e. The number of nitrogens with zero attached hydrogens (tertiary/aromatic N) is 3. The number of H-pyrrole nitrogens is 1. The number of aromatic amines is 1. The SMILES string of the molecule is Nc1ncnc2[nH]cc(C(=O)c3cc(NC(=O)c4nccc5ccccc45)ccc3Cl)c12. The van der Waals surface area contributed by atoms with Crippen molar-refractivity contribution in [3.8, 4) is 0 Å². The number of benzene rings is 2. The molecule has 5 rings (SSSR count). The van der Waals surface area contributed by atoms with Crippen LogP contribution in [0.4, 0.5) is 11.5 Å². The molecule has 0 saturated carbocycles. The Balaban J connectivity index is 1.50. The first kappa shape index (κ1) is 19.7. The standard InChI is InChI=1S/C23H15ClN6O2/c24-17-6-5-13(30-23(32)19-14-4-2-1-3-12(14)7-8-26-19)9-15(17)20(31)16-10-27-22-18(16)21(25)28-11-29-22/h1-11H,(H,30,32)(H3,25,27,28,29). The third-order valence-corrected chi connectivity index (χ3v) is 5.43. The number of ketones is 1. The van der Waals surface area contributed by atoms with E-state index in [0.717, 1.165) is 10.8 Å². The van der Waals surface area contributed by atoms with Crippen molar-refractivity contribution in [1.82, 2.24) is 19.9 Å². The maximum atomic E-state index is 13.2. The molecule has 3 heterocycles. The minimum atomic E-state index is -0.396. The number of carbonyl (C=O) groups excluding carboxylic acids is 2. The van der Waals surface area contributed by atoms with Gasteiger partial charge < -0.3 is 16.0 Å². The molecule has 4 N–H and O–H groups in total. The average molecular weight is 443 g/mol. The van der Waals surface area contributed by atoms with Crippen LogP contribution in [0.15, 0.2) is 67.3 Å². The van der Waals surface area contributed by atoms with Gasteiger partial charge in [0.25, 0.3) is 5.91 Å². The van der Waals surface area contributed by atoms with E-state index in [9.17, 15) is 9.59 Å². The van der Waals surface area contributed by atoms with Crippen LogP contribution >= 0.6 is 11.6 Å². The lowest BCUT2D eigenvalue weighted by Crippen LogP contribution is -2.14. The van der Waals surface area contributed by atoms with Gasteiger partial charge in [0.2, 0.25) is 0 Å². The van der Waals surface area contributed by atoms with E-state index >= 15 is 0 Å². The fourth-order valence-electron chi connectivity index (χ4n) is 3.58. The van der Waals surface area contributed by atoms with Gasteiger partial charge in [-0.15, -0.1) is 0 Å². The van der Waals surface area contributed by atoms with Gasteiger partial charge in [-0.25, -0.2) is 9.97 Å². The molecule has 3 aromatic heterocycles. The van der Waals surface area contributed by atoms with Crippen LogP contribution in [0, 0.1) is 0 Å². The maximum absolute atomic E-state index is 13.2. The van der Waals surface area contributed by atoms with Crippen molar-refractivity contribution < 1.29 is 9.59 Å². The monoisotopic (exact) mass is 442 g/mol. The molecule has 0 unspecified atom stereocenters. The number of aromatic nitrogens is 4.